The zero-order valence-corrected chi connectivity index (χ0v) is 9.59. The van der Waals surface area contributed by atoms with Gasteiger partial charge in [-0.15, -0.1) is 0 Å². The van der Waals surface area contributed by atoms with E-state index in [4.69, 9.17) is 11.6 Å². The molecular formula is C11H3ClF5NO. The number of H-pyrrole nitrogens is 1. The number of aromatic amines is 1. The van der Waals surface area contributed by atoms with Crippen molar-refractivity contribution in [1.82, 2.24) is 4.98 Å². The van der Waals surface area contributed by atoms with E-state index in [1.165, 1.54) is 0 Å². The van der Waals surface area contributed by atoms with Gasteiger partial charge in [0.15, 0.2) is 23.3 Å². The zero-order valence-electron chi connectivity index (χ0n) is 8.83. The van der Waals surface area contributed by atoms with E-state index in [1.807, 2.05) is 0 Å². The predicted molar refractivity (Wildman–Crippen MR) is 57.3 cm³/mol. The van der Waals surface area contributed by atoms with Crippen molar-refractivity contribution in [2.75, 3.05) is 0 Å². The molecule has 2 rings (SSSR count). The van der Waals surface area contributed by atoms with E-state index in [1.54, 1.807) is 0 Å². The van der Waals surface area contributed by atoms with Crippen molar-refractivity contribution in [3.63, 3.8) is 0 Å². The van der Waals surface area contributed by atoms with Gasteiger partial charge in [-0.1, -0.05) is 11.6 Å². The molecule has 0 aliphatic carbocycles. The third kappa shape index (κ3) is 2.10. The fourth-order valence-electron chi connectivity index (χ4n) is 1.49. The molecule has 0 fully saturated rings. The summed E-state index contributed by atoms with van der Waals surface area (Å²) in [5, 5.41) is -0.359. The normalized spacial score (nSPS) is 10.8. The summed E-state index contributed by atoms with van der Waals surface area (Å²) in [5.41, 5.74) is -2.63. The lowest BCUT2D eigenvalue weighted by Gasteiger charge is -2.09. The lowest BCUT2D eigenvalue weighted by molar-refractivity contribution is 0.381. The van der Waals surface area contributed by atoms with Gasteiger partial charge in [0.05, 0.1) is 10.6 Å². The van der Waals surface area contributed by atoms with E-state index in [-0.39, 0.29) is 5.02 Å². The van der Waals surface area contributed by atoms with E-state index in [0.717, 1.165) is 6.20 Å². The highest BCUT2D eigenvalue weighted by Gasteiger charge is 2.27. The number of benzene rings is 1. The Kier molecular flexibility index (Phi) is 3.32. The van der Waals surface area contributed by atoms with Crippen molar-refractivity contribution in [2.45, 2.75) is 0 Å². The molecular weight excluding hydrogens is 293 g/mol. The molecule has 2 nitrogen and oxygen atoms in total. The molecule has 0 atom stereocenters. The fourth-order valence-corrected chi connectivity index (χ4v) is 1.69. The van der Waals surface area contributed by atoms with E-state index < -0.39 is 45.8 Å². The lowest BCUT2D eigenvalue weighted by atomic mass is 10.0. The maximum absolute atomic E-state index is 13.5. The Morgan fingerprint density at radius 1 is 0.895 bits per heavy atom. The van der Waals surface area contributed by atoms with Crippen LogP contribution in [0.2, 0.25) is 5.02 Å². The summed E-state index contributed by atoms with van der Waals surface area (Å²) in [5.74, 6) is -10.6. The average molecular weight is 296 g/mol. The van der Waals surface area contributed by atoms with Crippen LogP contribution < -0.4 is 5.56 Å². The first-order valence-corrected chi connectivity index (χ1v) is 5.12. The summed E-state index contributed by atoms with van der Waals surface area (Å²) in [6.07, 6.45) is 0.886. The topological polar surface area (TPSA) is 32.9 Å². The Morgan fingerprint density at radius 2 is 1.37 bits per heavy atom. The summed E-state index contributed by atoms with van der Waals surface area (Å²) in [4.78, 5) is 13.1. The third-order valence-corrected chi connectivity index (χ3v) is 2.67. The van der Waals surface area contributed by atoms with E-state index in [0.29, 0.717) is 6.07 Å². The predicted octanol–water partition coefficient (Wildman–Crippen LogP) is 3.39. The minimum Gasteiger partial charge on any atom is -0.328 e. The minimum atomic E-state index is -2.28. The van der Waals surface area contributed by atoms with Crippen molar-refractivity contribution < 1.29 is 22.0 Å². The van der Waals surface area contributed by atoms with Crippen molar-refractivity contribution in [2.24, 2.45) is 0 Å². The largest absolute Gasteiger partial charge is 0.328 e. The molecule has 1 aromatic heterocycles. The van der Waals surface area contributed by atoms with E-state index in [2.05, 4.69) is 4.98 Å². The van der Waals surface area contributed by atoms with Gasteiger partial charge in [0.2, 0.25) is 11.4 Å². The second kappa shape index (κ2) is 4.65. The van der Waals surface area contributed by atoms with Crippen LogP contribution in [0.3, 0.4) is 0 Å². The van der Waals surface area contributed by atoms with Crippen LogP contribution in [0.25, 0.3) is 11.1 Å². The summed E-state index contributed by atoms with van der Waals surface area (Å²) >= 11 is 5.58. The Bertz CT molecular complexity index is 699. The van der Waals surface area contributed by atoms with Crippen LogP contribution in [0.4, 0.5) is 22.0 Å². The molecule has 0 spiro atoms. The van der Waals surface area contributed by atoms with Gasteiger partial charge in [0, 0.05) is 17.8 Å². The number of hydrogen-bond donors (Lipinski definition) is 1. The van der Waals surface area contributed by atoms with Crippen LogP contribution in [-0.2, 0) is 0 Å². The molecule has 0 saturated heterocycles. The van der Waals surface area contributed by atoms with Gasteiger partial charge in [0.1, 0.15) is 0 Å². The molecule has 0 amide bonds. The summed E-state index contributed by atoms with van der Waals surface area (Å²) in [6.45, 7) is 0. The van der Waals surface area contributed by atoms with Crippen LogP contribution in [0, 0.1) is 29.1 Å². The number of nitrogens with one attached hydrogen (secondary N) is 1. The van der Waals surface area contributed by atoms with Gasteiger partial charge in [-0.05, 0) is 0 Å². The Morgan fingerprint density at radius 3 is 1.89 bits per heavy atom. The second-order valence-corrected chi connectivity index (χ2v) is 3.91. The number of rotatable bonds is 1. The number of hydrogen-bond acceptors (Lipinski definition) is 1. The van der Waals surface area contributed by atoms with Crippen LogP contribution in [0.1, 0.15) is 0 Å². The van der Waals surface area contributed by atoms with E-state index >= 15 is 0 Å². The van der Waals surface area contributed by atoms with Crippen LogP contribution >= 0.6 is 11.6 Å². The zero-order chi connectivity index (χ0) is 14.3. The van der Waals surface area contributed by atoms with E-state index in [9.17, 15) is 26.7 Å². The summed E-state index contributed by atoms with van der Waals surface area (Å²) < 4.78 is 65.9. The Balaban J connectivity index is 2.91. The minimum absolute atomic E-state index is 0.359. The third-order valence-electron chi connectivity index (χ3n) is 2.35. The fraction of sp³-hybridized carbons (Fsp3) is 0. The van der Waals surface area contributed by atoms with Crippen molar-refractivity contribution >= 4 is 11.6 Å². The molecule has 0 unspecified atom stereocenters. The molecule has 2 aromatic rings. The summed E-state index contributed by atoms with van der Waals surface area (Å²) in [7, 11) is 0. The van der Waals surface area contributed by atoms with Gasteiger partial charge in [-0.2, -0.15) is 0 Å². The number of pyridine rings is 1. The number of halogens is 6. The first-order chi connectivity index (χ1) is 8.84. The molecule has 100 valence electrons. The van der Waals surface area contributed by atoms with Crippen LogP contribution in [0.15, 0.2) is 17.1 Å². The van der Waals surface area contributed by atoms with Gasteiger partial charge in [-0.3, -0.25) is 4.79 Å². The second-order valence-electron chi connectivity index (χ2n) is 3.50. The summed E-state index contributed by atoms with van der Waals surface area (Å²) in [6, 6.07) is 0.639. The molecule has 1 heterocycles. The van der Waals surface area contributed by atoms with Gasteiger partial charge in [0.25, 0.3) is 0 Å². The van der Waals surface area contributed by atoms with Gasteiger partial charge < -0.3 is 4.98 Å². The van der Waals surface area contributed by atoms with Crippen molar-refractivity contribution in [3.05, 3.63) is 56.7 Å². The molecule has 0 saturated carbocycles. The molecule has 8 heteroatoms. The molecule has 1 aromatic carbocycles. The number of aromatic nitrogens is 1. The SMILES string of the molecule is O=c1cc(-c2c(F)c(F)c(F)c(F)c2F)c(Cl)c[nH]1. The Hall–Kier alpha value is -1.89. The van der Waals surface area contributed by atoms with Crippen molar-refractivity contribution in [1.29, 1.82) is 0 Å². The molecule has 0 aliphatic rings. The Labute approximate surface area is 107 Å². The maximum atomic E-state index is 13.5. The highest BCUT2D eigenvalue weighted by molar-refractivity contribution is 6.33. The maximum Gasteiger partial charge on any atom is 0.248 e. The average Bonchev–Trinajstić information content (AvgIpc) is 2.38. The standard InChI is InChI=1S/C11H3ClF5NO/c12-4-2-18-5(19)1-3(4)6-7(13)9(15)11(17)10(16)8(6)14/h1-2H,(H,18,19). The smallest absolute Gasteiger partial charge is 0.248 e. The van der Waals surface area contributed by atoms with Crippen LogP contribution in [0.5, 0.6) is 0 Å². The first kappa shape index (κ1) is 13.5. The monoisotopic (exact) mass is 295 g/mol. The molecule has 0 bridgehead atoms. The highest BCUT2D eigenvalue weighted by Crippen LogP contribution is 2.34. The molecule has 0 aliphatic heterocycles. The van der Waals surface area contributed by atoms with Crippen molar-refractivity contribution in [3.8, 4) is 11.1 Å². The van der Waals surface area contributed by atoms with Gasteiger partial charge >= 0.3 is 0 Å². The lowest BCUT2D eigenvalue weighted by Crippen LogP contribution is -2.08. The quantitative estimate of drug-likeness (QED) is 0.488. The van der Waals surface area contributed by atoms with Gasteiger partial charge in [-0.25, -0.2) is 22.0 Å². The van der Waals surface area contributed by atoms with Crippen LogP contribution in [-0.4, -0.2) is 4.98 Å². The molecule has 19 heavy (non-hydrogen) atoms. The molecule has 0 radical (unpaired) electrons. The highest BCUT2D eigenvalue weighted by atomic mass is 35.5. The molecule has 1 N–H and O–H groups in total. The first-order valence-electron chi connectivity index (χ1n) is 4.74.